The quantitative estimate of drug-likeness (QED) is 0.226. The second-order valence-corrected chi connectivity index (χ2v) is 15.7. The van der Waals surface area contributed by atoms with E-state index in [1.807, 2.05) is 0 Å². The van der Waals surface area contributed by atoms with Crippen molar-refractivity contribution in [2.24, 2.45) is 5.92 Å². The van der Waals surface area contributed by atoms with Gasteiger partial charge < -0.3 is 9.47 Å². The van der Waals surface area contributed by atoms with Gasteiger partial charge in [0.25, 0.3) is 0 Å². The molecule has 1 aromatic heterocycles. The molecule has 0 spiro atoms. The molecule has 0 amide bonds. The van der Waals surface area contributed by atoms with Crippen molar-refractivity contribution in [3.05, 3.63) is 142 Å². The molecule has 0 saturated heterocycles. The van der Waals surface area contributed by atoms with Crippen molar-refractivity contribution in [1.29, 1.82) is 0 Å². The molecule has 4 aliphatic rings. The van der Waals surface area contributed by atoms with Crippen LogP contribution >= 0.6 is 0 Å². The maximum atomic E-state index is 2.57. The summed E-state index contributed by atoms with van der Waals surface area (Å²) in [6.07, 6.45) is 19.0. The lowest BCUT2D eigenvalue weighted by atomic mass is 9.80. The minimum Gasteiger partial charge on any atom is -0.333 e. The third-order valence-electron chi connectivity index (χ3n) is 10.7. The summed E-state index contributed by atoms with van der Waals surface area (Å²) in [5.41, 5.74) is 17.1. The number of allylic oxidation sites excluding steroid dienone is 4. The van der Waals surface area contributed by atoms with E-state index in [0.29, 0.717) is 12.0 Å². The molecule has 2 nitrogen and oxygen atoms in total. The fourth-order valence-electron chi connectivity index (χ4n) is 8.11. The fraction of sp³-hybridized carbons (Fsp3) is 0.318. The van der Waals surface area contributed by atoms with Gasteiger partial charge in [-0.2, -0.15) is 0 Å². The van der Waals surface area contributed by atoms with Crippen LogP contribution in [0.5, 0.6) is 0 Å². The molecule has 2 heterocycles. The van der Waals surface area contributed by atoms with Crippen LogP contribution in [0.25, 0.3) is 23.4 Å². The lowest BCUT2D eigenvalue weighted by Gasteiger charge is -2.31. The van der Waals surface area contributed by atoms with Crippen LogP contribution in [0.4, 0.5) is 11.4 Å². The largest absolute Gasteiger partial charge is 0.333 e. The van der Waals surface area contributed by atoms with Crippen LogP contribution in [-0.4, -0.2) is 10.6 Å². The molecule has 2 atom stereocenters. The Balaban J connectivity index is 1.12. The van der Waals surface area contributed by atoms with Crippen molar-refractivity contribution in [2.75, 3.05) is 4.90 Å². The molecule has 0 radical (unpaired) electrons. The van der Waals surface area contributed by atoms with E-state index < -0.39 is 0 Å². The normalized spacial score (nSPS) is 20.1. The molecule has 4 aromatic rings. The minimum absolute atomic E-state index is 0.149. The van der Waals surface area contributed by atoms with Crippen LogP contribution in [0.1, 0.15) is 93.6 Å². The van der Waals surface area contributed by atoms with Crippen LogP contribution in [0.15, 0.2) is 103 Å². The first-order valence-corrected chi connectivity index (χ1v) is 17.2. The molecular weight excluding hydrogens is 556 g/mol. The third kappa shape index (κ3) is 4.77. The molecule has 0 saturated carbocycles. The van der Waals surface area contributed by atoms with Crippen molar-refractivity contribution in [3.63, 3.8) is 0 Å². The number of aromatic nitrogens is 1. The second-order valence-electron chi connectivity index (χ2n) is 15.7. The number of hydrogen-bond acceptors (Lipinski definition) is 1. The zero-order valence-corrected chi connectivity index (χ0v) is 28.3. The van der Waals surface area contributed by atoms with Crippen molar-refractivity contribution in [3.8, 4) is 5.69 Å². The SMILES string of the molecule is CC(C)(C)c1ccc(N2c3ccccc3C3=CC(C4C=Cc5c(c6c(n5-c5ccc(C(C)(C)C)cc5)C=CCC6)C4)=CCC32)cc1. The fourth-order valence-corrected chi connectivity index (χ4v) is 8.11. The first kappa shape index (κ1) is 29.1. The van der Waals surface area contributed by atoms with Gasteiger partial charge in [-0.15, -0.1) is 0 Å². The van der Waals surface area contributed by atoms with Gasteiger partial charge in [-0.05, 0) is 112 Å². The standard InChI is InChI=1S/C44H46N2/c1-43(2,3)31-17-21-33(22-18-31)45-39-13-9-7-11-35(39)37-27-29(15-25-41(37)45)30-16-26-42-38(28-30)36-12-8-10-14-40(36)46(42)34-23-19-32(20-24-34)44(4,5)6/h7,9-11,13-24,26-27,30,41H,8,12,25,28H2,1-6H3. The molecule has 2 unspecified atom stereocenters. The minimum atomic E-state index is 0.149. The molecule has 0 N–H and O–H groups in total. The van der Waals surface area contributed by atoms with Gasteiger partial charge >= 0.3 is 0 Å². The molecule has 3 aliphatic carbocycles. The Hall–Kier alpha value is -4.30. The van der Waals surface area contributed by atoms with Gasteiger partial charge in [0.05, 0.1) is 6.04 Å². The van der Waals surface area contributed by atoms with E-state index in [2.05, 4.69) is 160 Å². The highest BCUT2D eigenvalue weighted by Crippen LogP contribution is 2.49. The Labute approximate surface area is 275 Å². The van der Waals surface area contributed by atoms with Gasteiger partial charge in [-0.25, -0.2) is 0 Å². The molecule has 232 valence electrons. The molecule has 0 bridgehead atoms. The number of fused-ring (bicyclic) bond motifs is 6. The van der Waals surface area contributed by atoms with Crippen LogP contribution < -0.4 is 4.90 Å². The molecule has 0 fully saturated rings. The molecule has 2 heteroatoms. The van der Waals surface area contributed by atoms with Gasteiger partial charge in [0.2, 0.25) is 0 Å². The zero-order chi connectivity index (χ0) is 31.8. The maximum Gasteiger partial charge on any atom is 0.0633 e. The molecular formula is C44H46N2. The van der Waals surface area contributed by atoms with Gasteiger partial charge in [0.15, 0.2) is 0 Å². The first-order chi connectivity index (χ1) is 22.1. The number of para-hydroxylation sites is 1. The van der Waals surface area contributed by atoms with Crippen molar-refractivity contribution in [1.82, 2.24) is 4.57 Å². The highest BCUT2D eigenvalue weighted by Gasteiger charge is 2.37. The Kier molecular flexibility index (Phi) is 6.73. The Morgan fingerprint density at radius 3 is 2.04 bits per heavy atom. The first-order valence-electron chi connectivity index (χ1n) is 17.2. The third-order valence-corrected chi connectivity index (χ3v) is 10.7. The predicted molar refractivity (Wildman–Crippen MR) is 196 cm³/mol. The van der Waals surface area contributed by atoms with E-state index in [9.17, 15) is 0 Å². The number of nitrogens with zero attached hydrogens (tertiary/aromatic N) is 2. The Bertz CT molecular complexity index is 1940. The van der Waals surface area contributed by atoms with Gasteiger partial charge in [-0.1, -0.05) is 108 Å². The summed E-state index contributed by atoms with van der Waals surface area (Å²) in [4.78, 5) is 2.57. The molecule has 3 aromatic carbocycles. The summed E-state index contributed by atoms with van der Waals surface area (Å²) in [6, 6.07) is 27.9. The smallest absolute Gasteiger partial charge is 0.0633 e. The van der Waals surface area contributed by atoms with E-state index in [1.165, 1.54) is 56.3 Å². The summed E-state index contributed by atoms with van der Waals surface area (Å²) in [5, 5.41) is 0. The van der Waals surface area contributed by atoms with E-state index in [-0.39, 0.29) is 10.8 Å². The van der Waals surface area contributed by atoms with Gasteiger partial charge in [0.1, 0.15) is 0 Å². The summed E-state index contributed by atoms with van der Waals surface area (Å²) >= 11 is 0. The summed E-state index contributed by atoms with van der Waals surface area (Å²) in [7, 11) is 0. The zero-order valence-electron chi connectivity index (χ0n) is 28.3. The number of rotatable bonds is 3. The van der Waals surface area contributed by atoms with Gasteiger partial charge in [0, 0.05) is 39.9 Å². The van der Waals surface area contributed by atoms with E-state index in [1.54, 1.807) is 11.1 Å². The molecule has 46 heavy (non-hydrogen) atoms. The Morgan fingerprint density at radius 2 is 1.35 bits per heavy atom. The molecule has 1 aliphatic heterocycles. The van der Waals surface area contributed by atoms with Gasteiger partial charge in [-0.3, -0.25) is 0 Å². The number of anilines is 2. The lowest BCUT2D eigenvalue weighted by molar-refractivity contribution is 0.590. The summed E-state index contributed by atoms with van der Waals surface area (Å²) in [5.74, 6) is 0.391. The average Bonchev–Trinajstić information content (AvgIpc) is 3.56. The topological polar surface area (TPSA) is 8.17 Å². The van der Waals surface area contributed by atoms with E-state index >= 15 is 0 Å². The van der Waals surface area contributed by atoms with Crippen LogP contribution in [0, 0.1) is 5.92 Å². The van der Waals surface area contributed by atoms with Crippen molar-refractivity contribution < 1.29 is 0 Å². The predicted octanol–water partition coefficient (Wildman–Crippen LogP) is 11.2. The van der Waals surface area contributed by atoms with Crippen LogP contribution in [-0.2, 0) is 23.7 Å². The van der Waals surface area contributed by atoms with Crippen LogP contribution in [0.3, 0.4) is 0 Å². The monoisotopic (exact) mass is 602 g/mol. The van der Waals surface area contributed by atoms with Crippen molar-refractivity contribution >= 4 is 29.1 Å². The van der Waals surface area contributed by atoms with E-state index in [0.717, 1.165) is 25.7 Å². The summed E-state index contributed by atoms with van der Waals surface area (Å²) < 4.78 is 2.51. The lowest BCUT2D eigenvalue weighted by Crippen LogP contribution is -2.28. The highest BCUT2D eigenvalue weighted by molar-refractivity contribution is 5.94. The maximum absolute atomic E-state index is 2.57. The van der Waals surface area contributed by atoms with E-state index in [4.69, 9.17) is 0 Å². The number of hydrogen-bond donors (Lipinski definition) is 0. The van der Waals surface area contributed by atoms with Crippen molar-refractivity contribution in [2.45, 2.75) is 84.1 Å². The second kappa shape index (κ2) is 10.6. The molecule has 8 rings (SSSR count). The average molecular weight is 603 g/mol. The highest BCUT2D eigenvalue weighted by atomic mass is 15.2. The van der Waals surface area contributed by atoms with Crippen LogP contribution in [0.2, 0.25) is 0 Å². The number of benzene rings is 3. The summed E-state index contributed by atoms with van der Waals surface area (Å²) in [6.45, 7) is 13.7. The Morgan fingerprint density at radius 1 is 0.696 bits per heavy atom.